The second-order valence-corrected chi connectivity index (χ2v) is 7.09. The summed E-state index contributed by atoms with van der Waals surface area (Å²) in [5.74, 6) is 0.921. The molecule has 1 aliphatic heterocycles. The van der Waals surface area contributed by atoms with E-state index in [0.29, 0.717) is 0 Å². The Morgan fingerprint density at radius 2 is 1.63 bits per heavy atom. The summed E-state index contributed by atoms with van der Waals surface area (Å²) in [5, 5.41) is 6.81. The van der Waals surface area contributed by atoms with Crippen molar-refractivity contribution < 1.29 is 0 Å². The van der Waals surface area contributed by atoms with Gasteiger partial charge >= 0.3 is 0 Å². The topological polar surface area (TPSA) is 42.9 Å². The number of aliphatic imine (C=N–C) groups is 1. The molecule has 1 heterocycles. The molecule has 6 heteroatoms. The van der Waals surface area contributed by atoms with Crippen molar-refractivity contribution in [2.45, 2.75) is 40.2 Å². The number of guanidine groups is 1. The highest BCUT2D eigenvalue weighted by Gasteiger charge is 2.14. The quantitative estimate of drug-likeness (QED) is 0.243. The number of hydrogen-bond acceptors (Lipinski definition) is 3. The zero-order valence-corrected chi connectivity index (χ0v) is 19.7. The van der Waals surface area contributed by atoms with Gasteiger partial charge in [-0.1, -0.05) is 36.8 Å². The minimum absolute atomic E-state index is 0. The van der Waals surface area contributed by atoms with Crippen LogP contribution in [0.2, 0.25) is 0 Å². The highest BCUT2D eigenvalue weighted by Crippen LogP contribution is 2.05. The Morgan fingerprint density at radius 1 is 0.963 bits per heavy atom. The van der Waals surface area contributed by atoms with Crippen LogP contribution in [0.4, 0.5) is 0 Å². The van der Waals surface area contributed by atoms with Crippen LogP contribution in [0.25, 0.3) is 0 Å². The molecule has 2 N–H and O–H groups in total. The van der Waals surface area contributed by atoms with Gasteiger partial charge in [0.25, 0.3) is 0 Å². The van der Waals surface area contributed by atoms with Gasteiger partial charge in [0.2, 0.25) is 0 Å². The number of likely N-dealkylation sites (N-methyl/N-ethyl adjacent to an activating group) is 1. The van der Waals surface area contributed by atoms with Crippen LogP contribution < -0.4 is 10.6 Å². The molecular formula is C21H38IN5. The predicted molar refractivity (Wildman–Crippen MR) is 127 cm³/mol. The van der Waals surface area contributed by atoms with Crippen LogP contribution in [-0.2, 0) is 6.54 Å². The van der Waals surface area contributed by atoms with E-state index in [0.717, 1.165) is 25.6 Å². The Hall–Kier alpha value is -0.860. The highest BCUT2D eigenvalue weighted by molar-refractivity contribution is 14.0. The van der Waals surface area contributed by atoms with E-state index in [1.807, 2.05) is 0 Å². The van der Waals surface area contributed by atoms with Crippen LogP contribution in [0.1, 0.15) is 37.8 Å². The molecule has 5 nitrogen and oxygen atoms in total. The minimum Gasteiger partial charge on any atom is -0.357 e. The smallest absolute Gasteiger partial charge is 0.191 e. The average Bonchev–Trinajstić information content (AvgIpc) is 2.67. The SMILES string of the molecule is CCNC(=NCc1ccc(C)cc1)NCCCCN1CCN(CC)CC1.I. The van der Waals surface area contributed by atoms with E-state index in [1.54, 1.807) is 0 Å². The van der Waals surface area contributed by atoms with Gasteiger partial charge in [0, 0.05) is 39.3 Å². The second-order valence-electron chi connectivity index (χ2n) is 7.09. The Morgan fingerprint density at radius 3 is 2.26 bits per heavy atom. The first-order valence-electron chi connectivity index (χ1n) is 10.2. The molecular weight excluding hydrogens is 449 g/mol. The van der Waals surface area contributed by atoms with Crippen molar-refractivity contribution in [1.82, 2.24) is 20.4 Å². The Balaban J connectivity index is 0.00000364. The van der Waals surface area contributed by atoms with Gasteiger partial charge in [0.1, 0.15) is 0 Å². The molecule has 0 unspecified atom stereocenters. The van der Waals surface area contributed by atoms with Crippen molar-refractivity contribution >= 4 is 29.9 Å². The molecule has 0 aliphatic carbocycles. The van der Waals surface area contributed by atoms with E-state index in [4.69, 9.17) is 4.99 Å². The zero-order valence-electron chi connectivity index (χ0n) is 17.3. The molecule has 2 rings (SSSR count). The number of hydrogen-bond donors (Lipinski definition) is 2. The summed E-state index contributed by atoms with van der Waals surface area (Å²) in [6.07, 6.45) is 2.43. The van der Waals surface area contributed by atoms with E-state index in [1.165, 1.54) is 63.2 Å². The number of aryl methyl sites for hydroxylation is 1. The molecule has 0 radical (unpaired) electrons. The average molecular weight is 487 g/mol. The van der Waals surface area contributed by atoms with Gasteiger partial charge in [0.05, 0.1) is 6.54 Å². The van der Waals surface area contributed by atoms with E-state index < -0.39 is 0 Å². The zero-order chi connectivity index (χ0) is 18.6. The van der Waals surface area contributed by atoms with Crippen molar-refractivity contribution in [2.75, 3.05) is 52.4 Å². The third-order valence-corrected chi connectivity index (χ3v) is 4.99. The molecule has 154 valence electrons. The first-order valence-corrected chi connectivity index (χ1v) is 10.2. The summed E-state index contributed by atoms with van der Waals surface area (Å²) in [5.41, 5.74) is 2.54. The molecule has 1 aliphatic rings. The Bertz CT molecular complexity index is 524. The fourth-order valence-corrected chi connectivity index (χ4v) is 3.20. The van der Waals surface area contributed by atoms with E-state index in [9.17, 15) is 0 Å². The molecule has 1 saturated heterocycles. The van der Waals surface area contributed by atoms with Gasteiger partial charge in [-0.25, -0.2) is 4.99 Å². The lowest BCUT2D eigenvalue weighted by atomic mass is 10.1. The largest absolute Gasteiger partial charge is 0.357 e. The van der Waals surface area contributed by atoms with Gasteiger partial charge < -0.3 is 20.4 Å². The summed E-state index contributed by atoms with van der Waals surface area (Å²) in [6, 6.07) is 8.60. The molecule has 0 aromatic heterocycles. The molecule has 0 spiro atoms. The van der Waals surface area contributed by atoms with Crippen LogP contribution in [0.3, 0.4) is 0 Å². The van der Waals surface area contributed by atoms with E-state index in [-0.39, 0.29) is 24.0 Å². The summed E-state index contributed by atoms with van der Waals surface area (Å²) in [6.45, 7) is 16.4. The van der Waals surface area contributed by atoms with Crippen molar-refractivity contribution in [3.8, 4) is 0 Å². The first-order chi connectivity index (χ1) is 12.7. The second kappa shape index (κ2) is 14.2. The van der Waals surface area contributed by atoms with Gasteiger partial charge in [0.15, 0.2) is 5.96 Å². The van der Waals surface area contributed by atoms with Crippen molar-refractivity contribution in [3.63, 3.8) is 0 Å². The van der Waals surface area contributed by atoms with Gasteiger partial charge in [-0.3, -0.25) is 0 Å². The number of benzene rings is 1. The third kappa shape index (κ3) is 9.76. The van der Waals surface area contributed by atoms with E-state index >= 15 is 0 Å². The molecule has 0 amide bonds. The number of piperazine rings is 1. The van der Waals surface area contributed by atoms with Crippen molar-refractivity contribution in [1.29, 1.82) is 0 Å². The van der Waals surface area contributed by atoms with Crippen molar-refractivity contribution in [3.05, 3.63) is 35.4 Å². The molecule has 27 heavy (non-hydrogen) atoms. The lowest BCUT2D eigenvalue weighted by Gasteiger charge is -2.34. The standard InChI is InChI=1S/C21H37N5.HI/c1-4-22-21(24-18-20-10-8-19(3)9-11-20)23-12-6-7-13-26-16-14-25(5-2)15-17-26;/h8-11H,4-7,12-18H2,1-3H3,(H2,22,23,24);1H. The van der Waals surface area contributed by atoms with Crippen LogP contribution in [0.15, 0.2) is 29.3 Å². The Labute approximate surface area is 183 Å². The lowest BCUT2D eigenvalue weighted by Crippen LogP contribution is -2.46. The summed E-state index contributed by atoms with van der Waals surface area (Å²) >= 11 is 0. The van der Waals surface area contributed by atoms with Crippen LogP contribution in [-0.4, -0.2) is 68.1 Å². The lowest BCUT2D eigenvalue weighted by molar-refractivity contribution is 0.136. The number of halogens is 1. The third-order valence-electron chi connectivity index (χ3n) is 4.99. The molecule has 1 aromatic rings. The van der Waals surface area contributed by atoms with Crippen molar-refractivity contribution in [2.24, 2.45) is 4.99 Å². The number of rotatable bonds is 9. The summed E-state index contributed by atoms with van der Waals surface area (Å²) in [7, 11) is 0. The number of nitrogens with one attached hydrogen (secondary N) is 2. The monoisotopic (exact) mass is 487 g/mol. The highest BCUT2D eigenvalue weighted by atomic mass is 127. The molecule has 1 aromatic carbocycles. The van der Waals surface area contributed by atoms with Crippen LogP contribution in [0, 0.1) is 6.92 Å². The summed E-state index contributed by atoms with van der Waals surface area (Å²) < 4.78 is 0. The van der Waals surface area contributed by atoms with Crippen LogP contribution >= 0.6 is 24.0 Å². The Kier molecular flexibility index (Phi) is 12.7. The van der Waals surface area contributed by atoms with Gasteiger partial charge in [-0.15, -0.1) is 24.0 Å². The molecule has 0 bridgehead atoms. The molecule has 0 saturated carbocycles. The normalized spacial score (nSPS) is 16.0. The fourth-order valence-electron chi connectivity index (χ4n) is 3.20. The maximum Gasteiger partial charge on any atom is 0.191 e. The predicted octanol–water partition coefficient (Wildman–Crippen LogP) is 3.09. The first kappa shape index (κ1) is 24.2. The maximum atomic E-state index is 4.70. The fraction of sp³-hybridized carbons (Fsp3) is 0.667. The molecule has 0 atom stereocenters. The van der Waals surface area contributed by atoms with Gasteiger partial charge in [-0.05, 0) is 45.3 Å². The number of nitrogens with zero attached hydrogens (tertiary/aromatic N) is 3. The van der Waals surface area contributed by atoms with Crippen LogP contribution in [0.5, 0.6) is 0 Å². The van der Waals surface area contributed by atoms with Gasteiger partial charge in [-0.2, -0.15) is 0 Å². The minimum atomic E-state index is 0. The molecule has 1 fully saturated rings. The number of unbranched alkanes of at least 4 members (excludes halogenated alkanes) is 1. The van der Waals surface area contributed by atoms with E-state index in [2.05, 4.69) is 65.5 Å². The maximum absolute atomic E-state index is 4.70. The summed E-state index contributed by atoms with van der Waals surface area (Å²) in [4.78, 5) is 9.83.